The fourth-order valence-electron chi connectivity index (χ4n) is 2.58. The zero-order chi connectivity index (χ0) is 15.6. The van der Waals surface area contributed by atoms with E-state index in [0.717, 1.165) is 11.4 Å². The number of nitrogens with zero attached hydrogens (tertiary/aromatic N) is 3. The first kappa shape index (κ1) is 16.0. The number of nitrogens with two attached hydrogens (primary N) is 1. The second-order valence-electron chi connectivity index (χ2n) is 6.16. The Morgan fingerprint density at radius 3 is 2.81 bits per heavy atom. The number of carbonyl (C=O) groups is 1. The van der Waals surface area contributed by atoms with Gasteiger partial charge in [-0.3, -0.25) is 9.48 Å². The standard InChI is InChI=1S/C15H26N4O2/c1-10(2)14(16)15(20)18-5-6-21-13(8-18)9-19-12(4)7-11(3)17-19/h7,10,13-14H,5-6,8-9,16H2,1-4H3/t13?,14-/m0/s1. The average Bonchev–Trinajstić information content (AvgIpc) is 2.75. The van der Waals surface area contributed by atoms with Crippen molar-refractivity contribution in [2.45, 2.75) is 46.4 Å². The monoisotopic (exact) mass is 294 g/mol. The molecule has 2 heterocycles. The van der Waals surface area contributed by atoms with Crippen molar-refractivity contribution in [3.05, 3.63) is 17.5 Å². The Bertz CT molecular complexity index is 498. The third kappa shape index (κ3) is 3.83. The highest BCUT2D eigenvalue weighted by Gasteiger charge is 2.29. The number of hydrogen-bond donors (Lipinski definition) is 1. The number of morpholine rings is 1. The maximum Gasteiger partial charge on any atom is 0.239 e. The van der Waals surface area contributed by atoms with Crippen molar-refractivity contribution in [2.24, 2.45) is 11.7 Å². The molecule has 118 valence electrons. The van der Waals surface area contributed by atoms with Crippen LogP contribution in [0, 0.1) is 19.8 Å². The minimum absolute atomic E-state index is 0.0201. The van der Waals surface area contributed by atoms with E-state index in [9.17, 15) is 4.79 Å². The van der Waals surface area contributed by atoms with Crippen LogP contribution in [0.1, 0.15) is 25.2 Å². The lowest BCUT2D eigenvalue weighted by Crippen LogP contribution is -2.53. The smallest absolute Gasteiger partial charge is 0.239 e. The first-order valence-corrected chi connectivity index (χ1v) is 7.55. The van der Waals surface area contributed by atoms with Crippen LogP contribution in [0.2, 0.25) is 0 Å². The Balaban J connectivity index is 1.97. The number of hydrogen-bond acceptors (Lipinski definition) is 4. The maximum atomic E-state index is 12.3. The van der Waals surface area contributed by atoms with Gasteiger partial charge in [-0.05, 0) is 25.8 Å². The molecular formula is C15H26N4O2. The molecule has 1 aromatic rings. The van der Waals surface area contributed by atoms with E-state index in [2.05, 4.69) is 5.10 Å². The van der Waals surface area contributed by atoms with Crippen LogP contribution in [0.3, 0.4) is 0 Å². The van der Waals surface area contributed by atoms with Gasteiger partial charge in [-0.15, -0.1) is 0 Å². The lowest BCUT2D eigenvalue weighted by atomic mass is 10.0. The van der Waals surface area contributed by atoms with Crippen LogP contribution >= 0.6 is 0 Å². The van der Waals surface area contributed by atoms with Crippen LogP contribution in [0.25, 0.3) is 0 Å². The third-order valence-corrected chi connectivity index (χ3v) is 3.93. The van der Waals surface area contributed by atoms with Gasteiger partial charge >= 0.3 is 0 Å². The second kappa shape index (κ2) is 6.58. The summed E-state index contributed by atoms with van der Waals surface area (Å²) in [5, 5.41) is 4.45. The first-order valence-electron chi connectivity index (χ1n) is 7.55. The van der Waals surface area contributed by atoms with Gasteiger partial charge in [-0.1, -0.05) is 13.8 Å². The fourth-order valence-corrected chi connectivity index (χ4v) is 2.58. The molecule has 1 aromatic heterocycles. The number of ether oxygens (including phenoxy) is 1. The number of aromatic nitrogens is 2. The van der Waals surface area contributed by atoms with Gasteiger partial charge < -0.3 is 15.4 Å². The van der Waals surface area contributed by atoms with E-state index in [1.54, 1.807) is 0 Å². The fraction of sp³-hybridized carbons (Fsp3) is 0.733. The molecule has 0 aromatic carbocycles. The molecule has 0 bridgehead atoms. The summed E-state index contributed by atoms with van der Waals surface area (Å²) in [6, 6.07) is 1.61. The summed E-state index contributed by atoms with van der Waals surface area (Å²) in [7, 11) is 0. The van der Waals surface area contributed by atoms with Crippen LogP contribution < -0.4 is 5.73 Å². The minimum atomic E-state index is -0.433. The summed E-state index contributed by atoms with van der Waals surface area (Å²) in [5.41, 5.74) is 8.07. The van der Waals surface area contributed by atoms with Gasteiger partial charge in [0, 0.05) is 18.8 Å². The molecule has 1 saturated heterocycles. The zero-order valence-corrected chi connectivity index (χ0v) is 13.4. The molecule has 21 heavy (non-hydrogen) atoms. The summed E-state index contributed by atoms with van der Waals surface area (Å²) in [4.78, 5) is 14.2. The molecule has 2 atom stereocenters. The highest BCUT2D eigenvalue weighted by Crippen LogP contribution is 2.12. The van der Waals surface area contributed by atoms with E-state index in [1.807, 2.05) is 43.3 Å². The summed E-state index contributed by atoms with van der Waals surface area (Å²) < 4.78 is 7.71. The van der Waals surface area contributed by atoms with Crippen molar-refractivity contribution in [1.29, 1.82) is 0 Å². The van der Waals surface area contributed by atoms with E-state index in [-0.39, 0.29) is 17.9 Å². The van der Waals surface area contributed by atoms with Crippen LogP contribution in [0.4, 0.5) is 0 Å². The molecule has 6 heteroatoms. The molecule has 6 nitrogen and oxygen atoms in total. The summed E-state index contributed by atoms with van der Waals surface area (Å²) in [5.74, 6) is 0.168. The largest absolute Gasteiger partial charge is 0.373 e. The molecule has 1 aliphatic rings. The Labute approximate surface area is 126 Å². The molecule has 2 N–H and O–H groups in total. The molecule has 2 rings (SSSR count). The molecule has 1 aliphatic heterocycles. The van der Waals surface area contributed by atoms with Crippen molar-refractivity contribution in [1.82, 2.24) is 14.7 Å². The summed E-state index contributed by atoms with van der Waals surface area (Å²) in [6.45, 7) is 10.4. The van der Waals surface area contributed by atoms with Gasteiger partial charge in [0.05, 0.1) is 31.0 Å². The second-order valence-corrected chi connectivity index (χ2v) is 6.16. The Morgan fingerprint density at radius 1 is 1.52 bits per heavy atom. The topological polar surface area (TPSA) is 73.4 Å². The van der Waals surface area contributed by atoms with E-state index in [1.165, 1.54) is 0 Å². The van der Waals surface area contributed by atoms with Crippen molar-refractivity contribution in [3.8, 4) is 0 Å². The highest BCUT2D eigenvalue weighted by molar-refractivity contribution is 5.82. The van der Waals surface area contributed by atoms with Gasteiger partial charge in [0.15, 0.2) is 0 Å². The lowest BCUT2D eigenvalue weighted by molar-refractivity contribution is -0.141. The van der Waals surface area contributed by atoms with Gasteiger partial charge in [-0.25, -0.2) is 0 Å². The summed E-state index contributed by atoms with van der Waals surface area (Å²) in [6.07, 6.45) is -0.0277. The number of amides is 1. The van der Waals surface area contributed by atoms with Gasteiger partial charge in [0.1, 0.15) is 0 Å². The molecule has 0 spiro atoms. The molecule has 1 unspecified atom stereocenters. The van der Waals surface area contributed by atoms with Crippen molar-refractivity contribution < 1.29 is 9.53 Å². The normalized spacial score (nSPS) is 20.9. The molecule has 0 saturated carbocycles. The van der Waals surface area contributed by atoms with Crippen LogP contribution in [-0.2, 0) is 16.1 Å². The average molecular weight is 294 g/mol. The highest BCUT2D eigenvalue weighted by atomic mass is 16.5. The number of rotatable bonds is 4. The predicted molar refractivity (Wildman–Crippen MR) is 80.8 cm³/mol. The van der Waals surface area contributed by atoms with Crippen molar-refractivity contribution >= 4 is 5.91 Å². The van der Waals surface area contributed by atoms with Crippen molar-refractivity contribution in [3.63, 3.8) is 0 Å². The SMILES string of the molecule is Cc1cc(C)n(CC2CN(C(=O)[C@@H](N)C(C)C)CCO2)n1. The Kier molecular flexibility index (Phi) is 5.00. The maximum absolute atomic E-state index is 12.3. The third-order valence-electron chi connectivity index (χ3n) is 3.93. The summed E-state index contributed by atoms with van der Waals surface area (Å²) >= 11 is 0. The number of aryl methyl sites for hydroxylation is 2. The Hall–Kier alpha value is -1.40. The molecule has 1 amide bonds. The van der Waals surface area contributed by atoms with Gasteiger partial charge in [0.25, 0.3) is 0 Å². The van der Waals surface area contributed by atoms with Gasteiger partial charge in [-0.2, -0.15) is 5.10 Å². The first-order chi connectivity index (χ1) is 9.88. The van der Waals surface area contributed by atoms with E-state index >= 15 is 0 Å². The minimum Gasteiger partial charge on any atom is -0.373 e. The lowest BCUT2D eigenvalue weighted by Gasteiger charge is -2.35. The van der Waals surface area contributed by atoms with E-state index < -0.39 is 6.04 Å². The molecule has 0 aliphatic carbocycles. The quantitative estimate of drug-likeness (QED) is 0.887. The van der Waals surface area contributed by atoms with E-state index in [4.69, 9.17) is 10.5 Å². The molecule has 1 fully saturated rings. The van der Waals surface area contributed by atoms with Crippen molar-refractivity contribution in [2.75, 3.05) is 19.7 Å². The number of carbonyl (C=O) groups excluding carboxylic acids is 1. The van der Waals surface area contributed by atoms with E-state index in [0.29, 0.717) is 26.2 Å². The molecule has 0 radical (unpaired) electrons. The predicted octanol–water partition coefficient (Wildman–Crippen LogP) is 0.711. The van der Waals surface area contributed by atoms with Crippen LogP contribution in [0.15, 0.2) is 6.07 Å². The molecular weight excluding hydrogens is 268 g/mol. The van der Waals surface area contributed by atoms with Crippen LogP contribution in [-0.4, -0.2) is 52.4 Å². The zero-order valence-electron chi connectivity index (χ0n) is 13.4. The van der Waals surface area contributed by atoms with Gasteiger partial charge in [0.2, 0.25) is 5.91 Å². The Morgan fingerprint density at radius 2 is 2.24 bits per heavy atom. The van der Waals surface area contributed by atoms with Crippen LogP contribution in [0.5, 0.6) is 0 Å².